The van der Waals surface area contributed by atoms with Gasteiger partial charge in [-0.1, -0.05) is 32.0 Å². The van der Waals surface area contributed by atoms with Crippen LogP contribution in [0.1, 0.15) is 40.3 Å². The van der Waals surface area contributed by atoms with Crippen LogP contribution >= 0.6 is 7.75 Å². The summed E-state index contributed by atoms with van der Waals surface area (Å²) in [6, 6.07) is 9.96. The monoisotopic (exact) mass is 579 g/mol. The van der Waals surface area contributed by atoms with Crippen LogP contribution in [-0.4, -0.2) is 72.3 Å². The van der Waals surface area contributed by atoms with Crippen molar-refractivity contribution in [3.8, 4) is 5.75 Å². The Balaban J connectivity index is 1.69. The summed E-state index contributed by atoms with van der Waals surface area (Å²) >= 11 is 0. The number of benzene rings is 1. The van der Waals surface area contributed by atoms with Crippen molar-refractivity contribution in [3.05, 3.63) is 53.1 Å². The zero-order chi connectivity index (χ0) is 29.5. The minimum absolute atomic E-state index is 0.142. The minimum atomic E-state index is -4.02. The van der Waals surface area contributed by atoms with Gasteiger partial charge < -0.3 is 24.2 Å². The lowest BCUT2D eigenvalue weighted by atomic mass is 9.87. The van der Waals surface area contributed by atoms with Gasteiger partial charge in [0.2, 0.25) is 5.91 Å². The fourth-order valence-electron chi connectivity index (χ4n) is 4.14. The molecule has 0 aliphatic carbocycles. The van der Waals surface area contributed by atoms with E-state index >= 15 is 0 Å². The first-order valence-electron chi connectivity index (χ1n) is 12.9. The molecule has 2 unspecified atom stereocenters. The van der Waals surface area contributed by atoms with Crippen LogP contribution in [0.15, 0.2) is 47.4 Å². The fourth-order valence-corrected chi connectivity index (χ4v) is 5.44. The standard InChI is InChI=1S/C26H38N5O8P/c1-18(2)37-23(33)15-27-40(35,39-19-10-8-7-9-11-19)36-17-20-14-26(3,4)24(38-20)31-13-12-21(29-25(31)34)28-22(32)16-30(5)6/h7-13,18,20,24H,14-17H2,1-6H3,(H,27,35)(H,28,29,32,34)/t20?,24?,40-/m0/s1. The molecule has 0 radical (unpaired) electrons. The minimum Gasteiger partial charge on any atom is -0.462 e. The molecule has 1 fully saturated rings. The van der Waals surface area contributed by atoms with Crippen molar-refractivity contribution in [2.75, 3.05) is 39.1 Å². The largest absolute Gasteiger partial charge is 0.462 e. The molecule has 2 N–H and O–H groups in total. The van der Waals surface area contributed by atoms with Gasteiger partial charge in [-0.15, -0.1) is 0 Å². The topological polar surface area (TPSA) is 150 Å². The highest BCUT2D eigenvalue weighted by Gasteiger charge is 2.44. The molecule has 2 heterocycles. The Morgan fingerprint density at radius 2 is 1.93 bits per heavy atom. The summed E-state index contributed by atoms with van der Waals surface area (Å²) in [5.74, 6) is -0.471. The van der Waals surface area contributed by atoms with Gasteiger partial charge in [0.05, 0.1) is 25.4 Å². The summed E-state index contributed by atoms with van der Waals surface area (Å²) in [7, 11) is -0.504. The molecular formula is C26H38N5O8P. The molecule has 14 heteroatoms. The van der Waals surface area contributed by atoms with Gasteiger partial charge in [-0.25, -0.2) is 14.4 Å². The molecule has 0 saturated carbocycles. The molecule has 3 rings (SSSR count). The van der Waals surface area contributed by atoms with E-state index in [9.17, 15) is 18.9 Å². The third-order valence-electron chi connectivity index (χ3n) is 5.74. The number of likely N-dealkylation sites (N-methyl/N-ethyl adjacent to an activating group) is 1. The van der Waals surface area contributed by atoms with Crippen molar-refractivity contribution in [3.63, 3.8) is 0 Å². The van der Waals surface area contributed by atoms with E-state index in [0.29, 0.717) is 6.42 Å². The van der Waals surface area contributed by atoms with E-state index in [0.717, 1.165) is 0 Å². The van der Waals surface area contributed by atoms with E-state index in [-0.39, 0.29) is 43.3 Å². The lowest BCUT2D eigenvalue weighted by Crippen LogP contribution is -2.34. The highest BCUT2D eigenvalue weighted by atomic mass is 31.2. The van der Waals surface area contributed by atoms with Crippen LogP contribution in [0.2, 0.25) is 0 Å². The van der Waals surface area contributed by atoms with Gasteiger partial charge in [-0.05, 0) is 52.6 Å². The number of nitrogens with zero attached hydrogens (tertiary/aromatic N) is 3. The van der Waals surface area contributed by atoms with Crippen molar-refractivity contribution >= 4 is 25.4 Å². The fraction of sp³-hybridized carbons (Fsp3) is 0.538. The molecule has 40 heavy (non-hydrogen) atoms. The third kappa shape index (κ3) is 9.24. The van der Waals surface area contributed by atoms with Crippen LogP contribution in [0, 0.1) is 5.41 Å². The number of rotatable bonds is 13. The quantitative estimate of drug-likeness (QED) is 0.266. The molecule has 13 nitrogen and oxygen atoms in total. The van der Waals surface area contributed by atoms with Gasteiger partial charge in [-0.2, -0.15) is 4.98 Å². The van der Waals surface area contributed by atoms with Crippen LogP contribution in [0.5, 0.6) is 5.75 Å². The van der Waals surface area contributed by atoms with Gasteiger partial charge in [-0.3, -0.25) is 18.7 Å². The Hall–Kier alpha value is -3.09. The average Bonchev–Trinajstić information content (AvgIpc) is 3.15. The Morgan fingerprint density at radius 1 is 1.23 bits per heavy atom. The smallest absolute Gasteiger partial charge is 0.459 e. The van der Waals surface area contributed by atoms with E-state index < -0.39 is 37.2 Å². The van der Waals surface area contributed by atoms with Crippen LogP contribution < -0.4 is 20.6 Å². The molecule has 1 aliphatic heterocycles. The number of carbonyl (C=O) groups is 2. The Morgan fingerprint density at radius 3 is 2.55 bits per heavy atom. The van der Waals surface area contributed by atoms with E-state index in [1.165, 1.54) is 16.8 Å². The van der Waals surface area contributed by atoms with Crippen LogP contribution in [0.25, 0.3) is 0 Å². The summed E-state index contributed by atoms with van der Waals surface area (Å²) in [5.41, 5.74) is -1.11. The first-order valence-corrected chi connectivity index (χ1v) is 14.4. The summed E-state index contributed by atoms with van der Waals surface area (Å²) in [5, 5.41) is 5.16. The predicted molar refractivity (Wildman–Crippen MR) is 148 cm³/mol. The highest BCUT2D eigenvalue weighted by Crippen LogP contribution is 2.48. The number of anilines is 1. The molecule has 1 aliphatic rings. The maximum atomic E-state index is 13.6. The second-order valence-electron chi connectivity index (χ2n) is 10.7. The second kappa shape index (κ2) is 13.5. The molecule has 1 saturated heterocycles. The summed E-state index contributed by atoms with van der Waals surface area (Å²) in [6.07, 6.45) is 0.393. The molecule has 220 valence electrons. The van der Waals surface area contributed by atoms with E-state index in [4.69, 9.17) is 18.5 Å². The lowest BCUT2D eigenvalue weighted by molar-refractivity contribution is -0.146. The Kier molecular flexibility index (Phi) is 10.6. The number of para-hydroxylation sites is 1. The van der Waals surface area contributed by atoms with Crippen molar-refractivity contribution in [1.82, 2.24) is 19.5 Å². The third-order valence-corrected chi connectivity index (χ3v) is 7.22. The van der Waals surface area contributed by atoms with Crippen molar-refractivity contribution in [2.24, 2.45) is 5.41 Å². The summed E-state index contributed by atoms with van der Waals surface area (Å²) in [4.78, 5) is 42.6. The highest BCUT2D eigenvalue weighted by molar-refractivity contribution is 7.52. The van der Waals surface area contributed by atoms with Crippen LogP contribution in [0.4, 0.5) is 5.82 Å². The Labute approximate surface area is 233 Å². The molecule has 2 aromatic rings. The zero-order valence-electron chi connectivity index (χ0n) is 23.7. The first kappa shape index (κ1) is 31.4. The van der Waals surface area contributed by atoms with E-state index in [1.807, 2.05) is 13.8 Å². The Bertz CT molecular complexity index is 1270. The number of esters is 1. The number of carbonyl (C=O) groups excluding carboxylic acids is 2. The summed E-state index contributed by atoms with van der Waals surface area (Å²) < 4.78 is 37.5. The number of hydrogen-bond acceptors (Lipinski definition) is 10. The van der Waals surface area contributed by atoms with E-state index in [2.05, 4.69) is 15.4 Å². The van der Waals surface area contributed by atoms with Gasteiger partial charge in [0.15, 0.2) is 0 Å². The maximum absolute atomic E-state index is 13.6. The van der Waals surface area contributed by atoms with Crippen LogP contribution in [0.3, 0.4) is 0 Å². The van der Waals surface area contributed by atoms with Crippen molar-refractivity contribution < 1.29 is 32.7 Å². The molecule has 1 aromatic carbocycles. The van der Waals surface area contributed by atoms with Crippen LogP contribution in [-0.2, 0) is 28.2 Å². The first-order chi connectivity index (χ1) is 18.8. The van der Waals surface area contributed by atoms with E-state index in [1.54, 1.807) is 63.2 Å². The zero-order valence-corrected chi connectivity index (χ0v) is 24.6. The molecule has 0 spiro atoms. The summed E-state index contributed by atoms with van der Waals surface area (Å²) in [6.45, 7) is 6.89. The number of nitrogens with one attached hydrogen (secondary N) is 2. The normalized spacial score (nSPS) is 19.8. The SMILES string of the molecule is CC(C)OC(=O)CN[P@](=O)(OCC1CC(C)(C)C(n2ccc(NC(=O)CN(C)C)nc2=O)O1)Oc1ccccc1. The molecule has 1 amide bonds. The van der Waals surface area contributed by atoms with Crippen molar-refractivity contribution in [2.45, 2.75) is 52.6 Å². The average molecular weight is 580 g/mol. The van der Waals surface area contributed by atoms with Crippen molar-refractivity contribution in [1.29, 1.82) is 0 Å². The molecule has 1 aromatic heterocycles. The van der Waals surface area contributed by atoms with Gasteiger partial charge in [0, 0.05) is 11.6 Å². The van der Waals surface area contributed by atoms with Gasteiger partial charge in [0.1, 0.15) is 24.3 Å². The molecular weight excluding hydrogens is 541 g/mol. The van der Waals surface area contributed by atoms with Gasteiger partial charge in [0.25, 0.3) is 0 Å². The second-order valence-corrected chi connectivity index (χ2v) is 12.4. The molecule has 3 atom stereocenters. The lowest BCUT2D eigenvalue weighted by Gasteiger charge is -2.26. The number of hydrogen-bond donors (Lipinski definition) is 2. The number of aromatic nitrogens is 2. The predicted octanol–water partition coefficient (Wildman–Crippen LogP) is 2.80. The molecule has 0 bridgehead atoms. The maximum Gasteiger partial charge on any atom is 0.459 e. The number of amides is 1. The van der Waals surface area contributed by atoms with Gasteiger partial charge >= 0.3 is 19.4 Å². The number of ether oxygens (including phenoxy) is 2.